The van der Waals surface area contributed by atoms with Crippen LogP contribution in [-0.2, 0) is 16.0 Å². The quantitative estimate of drug-likeness (QED) is 0.671. The van der Waals surface area contributed by atoms with Gasteiger partial charge in [0.05, 0.1) is 18.4 Å². The van der Waals surface area contributed by atoms with Gasteiger partial charge in [0.2, 0.25) is 17.6 Å². The second kappa shape index (κ2) is 8.22. The van der Waals surface area contributed by atoms with Crippen LogP contribution in [0.15, 0.2) is 53.1 Å². The Balaban J connectivity index is 1.61. The Labute approximate surface area is 154 Å². The van der Waals surface area contributed by atoms with E-state index in [4.69, 9.17) is 4.52 Å². The van der Waals surface area contributed by atoms with Crippen LogP contribution in [0.5, 0.6) is 0 Å². The normalized spacial score (nSPS) is 10.4. The number of carbonyl (C=O) groups excluding carboxylic acids is 2. The van der Waals surface area contributed by atoms with Gasteiger partial charge in [-0.2, -0.15) is 4.98 Å². The molecule has 0 bridgehead atoms. The van der Waals surface area contributed by atoms with Crippen molar-refractivity contribution in [2.24, 2.45) is 0 Å². The van der Waals surface area contributed by atoms with Crippen molar-refractivity contribution in [3.8, 4) is 11.4 Å². The van der Waals surface area contributed by atoms with Gasteiger partial charge in [-0.25, -0.2) is 9.18 Å². The molecule has 3 rings (SSSR count). The molecular formula is C19H16FN3O4. The van der Waals surface area contributed by atoms with Gasteiger partial charge in [-0.15, -0.1) is 0 Å². The topological polar surface area (TPSA) is 94.3 Å². The molecule has 7 nitrogen and oxygen atoms in total. The standard InChI is InChI=1S/C19H16FN3O4/c1-26-19(25)13-7-8-14(20)15(11-13)21-16(24)9-10-17-22-18(23-27-17)12-5-3-2-4-6-12/h2-8,11H,9-10H2,1H3,(H,21,24). The lowest BCUT2D eigenvalue weighted by Gasteiger charge is -2.07. The lowest BCUT2D eigenvalue weighted by Crippen LogP contribution is -2.14. The zero-order chi connectivity index (χ0) is 19.2. The number of halogens is 1. The maximum atomic E-state index is 13.8. The van der Waals surface area contributed by atoms with Gasteiger partial charge in [-0.1, -0.05) is 35.5 Å². The summed E-state index contributed by atoms with van der Waals surface area (Å²) in [6.45, 7) is 0. The molecule has 3 aromatic rings. The number of hydrogen-bond donors (Lipinski definition) is 1. The molecular weight excluding hydrogens is 353 g/mol. The maximum Gasteiger partial charge on any atom is 0.337 e. The molecule has 0 radical (unpaired) electrons. The predicted molar refractivity (Wildman–Crippen MR) is 94.4 cm³/mol. The third-order valence-corrected chi connectivity index (χ3v) is 3.73. The van der Waals surface area contributed by atoms with Gasteiger partial charge < -0.3 is 14.6 Å². The summed E-state index contributed by atoms with van der Waals surface area (Å²) in [5.74, 6) is -0.990. The number of hydrogen-bond acceptors (Lipinski definition) is 6. The molecule has 0 spiro atoms. The predicted octanol–water partition coefficient (Wildman–Crippen LogP) is 3.23. The van der Waals surface area contributed by atoms with Crippen LogP contribution in [0.2, 0.25) is 0 Å². The second-order valence-corrected chi connectivity index (χ2v) is 5.61. The Bertz CT molecular complexity index is 957. The van der Waals surface area contributed by atoms with Crippen molar-refractivity contribution in [2.45, 2.75) is 12.8 Å². The van der Waals surface area contributed by atoms with Crippen molar-refractivity contribution < 1.29 is 23.2 Å². The largest absolute Gasteiger partial charge is 0.465 e. The first-order valence-electron chi connectivity index (χ1n) is 8.12. The van der Waals surface area contributed by atoms with Crippen molar-refractivity contribution in [1.29, 1.82) is 0 Å². The van der Waals surface area contributed by atoms with Crippen LogP contribution in [0.1, 0.15) is 22.7 Å². The zero-order valence-corrected chi connectivity index (χ0v) is 14.4. The molecule has 2 aromatic carbocycles. The van der Waals surface area contributed by atoms with E-state index in [1.54, 1.807) is 0 Å². The number of ether oxygens (including phenoxy) is 1. The van der Waals surface area contributed by atoms with Gasteiger partial charge in [0, 0.05) is 18.4 Å². The first-order chi connectivity index (χ1) is 13.1. The Morgan fingerprint density at radius 2 is 1.96 bits per heavy atom. The highest BCUT2D eigenvalue weighted by atomic mass is 19.1. The minimum absolute atomic E-state index is 0.0122. The van der Waals surface area contributed by atoms with E-state index in [1.165, 1.54) is 19.2 Å². The van der Waals surface area contributed by atoms with E-state index in [0.29, 0.717) is 11.7 Å². The number of aryl methyl sites for hydroxylation is 1. The number of amides is 1. The summed E-state index contributed by atoms with van der Waals surface area (Å²) in [5, 5.41) is 6.30. The number of benzene rings is 2. The number of carbonyl (C=O) groups is 2. The highest BCUT2D eigenvalue weighted by Gasteiger charge is 2.14. The minimum Gasteiger partial charge on any atom is -0.465 e. The minimum atomic E-state index is -0.653. The molecule has 0 saturated heterocycles. The fourth-order valence-electron chi connectivity index (χ4n) is 2.36. The third kappa shape index (κ3) is 4.55. The summed E-state index contributed by atoms with van der Waals surface area (Å²) < 4.78 is 23.6. The van der Waals surface area contributed by atoms with Gasteiger partial charge in [-0.3, -0.25) is 4.79 Å². The Morgan fingerprint density at radius 3 is 2.70 bits per heavy atom. The van der Waals surface area contributed by atoms with Gasteiger partial charge >= 0.3 is 5.97 Å². The Morgan fingerprint density at radius 1 is 1.19 bits per heavy atom. The van der Waals surface area contributed by atoms with Crippen molar-refractivity contribution in [1.82, 2.24) is 10.1 Å². The molecule has 1 amide bonds. The number of rotatable bonds is 6. The average molecular weight is 369 g/mol. The van der Waals surface area contributed by atoms with E-state index < -0.39 is 17.7 Å². The molecule has 0 unspecified atom stereocenters. The molecule has 0 aliphatic rings. The number of nitrogens with one attached hydrogen (secondary N) is 1. The number of methoxy groups -OCH3 is 1. The summed E-state index contributed by atoms with van der Waals surface area (Å²) in [5.41, 5.74) is 0.843. The lowest BCUT2D eigenvalue weighted by atomic mass is 10.2. The highest BCUT2D eigenvalue weighted by Crippen LogP contribution is 2.18. The van der Waals surface area contributed by atoms with Crippen molar-refractivity contribution in [3.05, 3.63) is 65.8 Å². The SMILES string of the molecule is COC(=O)c1ccc(F)c(NC(=O)CCc2nc(-c3ccccc3)no2)c1. The van der Waals surface area contributed by atoms with Gasteiger partial charge in [0.15, 0.2) is 0 Å². The Hall–Kier alpha value is -3.55. The fourth-order valence-corrected chi connectivity index (χ4v) is 2.36. The van der Waals surface area contributed by atoms with Crippen LogP contribution in [0.4, 0.5) is 10.1 Å². The summed E-state index contributed by atoms with van der Waals surface area (Å²) in [4.78, 5) is 27.8. The van der Waals surface area contributed by atoms with Crippen molar-refractivity contribution in [3.63, 3.8) is 0 Å². The summed E-state index contributed by atoms with van der Waals surface area (Å²) in [6, 6.07) is 12.9. The first kappa shape index (κ1) is 18.2. The van der Waals surface area contributed by atoms with Crippen LogP contribution in [-0.4, -0.2) is 29.1 Å². The monoisotopic (exact) mass is 369 g/mol. The maximum absolute atomic E-state index is 13.8. The van der Waals surface area contributed by atoms with E-state index in [2.05, 4.69) is 20.2 Å². The van der Waals surface area contributed by atoms with Gasteiger partial charge in [0.1, 0.15) is 5.82 Å². The molecule has 1 aromatic heterocycles. The third-order valence-electron chi connectivity index (χ3n) is 3.73. The first-order valence-corrected chi connectivity index (χ1v) is 8.12. The molecule has 0 aliphatic carbocycles. The highest BCUT2D eigenvalue weighted by molar-refractivity contribution is 5.94. The van der Waals surface area contributed by atoms with Crippen LogP contribution in [0.3, 0.4) is 0 Å². The molecule has 0 saturated carbocycles. The van der Waals surface area contributed by atoms with Crippen LogP contribution >= 0.6 is 0 Å². The molecule has 1 heterocycles. The fraction of sp³-hybridized carbons (Fsp3) is 0.158. The van der Waals surface area contributed by atoms with Crippen LogP contribution in [0, 0.1) is 5.82 Å². The number of nitrogens with zero attached hydrogens (tertiary/aromatic N) is 2. The average Bonchev–Trinajstić information content (AvgIpc) is 3.17. The summed E-state index contributed by atoms with van der Waals surface area (Å²) in [6.07, 6.45) is 0.211. The summed E-state index contributed by atoms with van der Waals surface area (Å²) in [7, 11) is 1.22. The number of esters is 1. The molecule has 0 fully saturated rings. The van der Waals surface area contributed by atoms with E-state index in [0.717, 1.165) is 11.6 Å². The molecule has 8 heteroatoms. The molecule has 27 heavy (non-hydrogen) atoms. The van der Waals surface area contributed by atoms with E-state index in [1.807, 2.05) is 30.3 Å². The van der Waals surface area contributed by atoms with Crippen LogP contribution < -0.4 is 5.32 Å². The lowest BCUT2D eigenvalue weighted by molar-refractivity contribution is -0.116. The summed E-state index contributed by atoms with van der Waals surface area (Å²) >= 11 is 0. The van der Waals surface area contributed by atoms with Crippen molar-refractivity contribution in [2.75, 3.05) is 12.4 Å². The molecule has 0 atom stereocenters. The smallest absolute Gasteiger partial charge is 0.337 e. The zero-order valence-electron chi connectivity index (χ0n) is 14.4. The van der Waals surface area contributed by atoms with E-state index >= 15 is 0 Å². The second-order valence-electron chi connectivity index (χ2n) is 5.61. The van der Waals surface area contributed by atoms with Crippen LogP contribution in [0.25, 0.3) is 11.4 Å². The molecule has 1 N–H and O–H groups in total. The number of aromatic nitrogens is 2. The van der Waals surface area contributed by atoms with Gasteiger partial charge in [-0.05, 0) is 18.2 Å². The molecule has 138 valence electrons. The number of anilines is 1. The van der Waals surface area contributed by atoms with E-state index in [9.17, 15) is 14.0 Å². The van der Waals surface area contributed by atoms with Gasteiger partial charge in [0.25, 0.3) is 0 Å². The Kier molecular flexibility index (Phi) is 5.55. The van der Waals surface area contributed by atoms with Crippen molar-refractivity contribution >= 4 is 17.6 Å². The van der Waals surface area contributed by atoms with E-state index in [-0.39, 0.29) is 24.1 Å². The molecule has 0 aliphatic heterocycles.